The van der Waals surface area contributed by atoms with E-state index >= 15 is 0 Å². The Kier molecular flexibility index (Phi) is 6.71. The number of ether oxygens (including phenoxy) is 2. The van der Waals surface area contributed by atoms with E-state index in [9.17, 15) is 9.59 Å². The zero-order chi connectivity index (χ0) is 24.7. The fourth-order valence-corrected chi connectivity index (χ4v) is 4.26. The van der Waals surface area contributed by atoms with Crippen molar-refractivity contribution in [1.82, 2.24) is 24.1 Å². The number of aromatic nitrogens is 5. The number of H-pyrrole nitrogens is 1. The summed E-state index contributed by atoms with van der Waals surface area (Å²) in [4.78, 5) is 37.9. The molecule has 0 atom stereocenters. The van der Waals surface area contributed by atoms with Gasteiger partial charge in [-0.1, -0.05) is 12.1 Å². The van der Waals surface area contributed by atoms with E-state index in [1.54, 1.807) is 38.7 Å². The van der Waals surface area contributed by atoms with Gasteiger partial charge in [0.05, 0.1) is 20.8 Å². The Balaban J connectivity index is 0.00000304. The molecule has 0 amide bonds. The van der Waals surface area contributed by atoms with Crippen LogP contribution < -0.4 is 26.5 Å². The molecule has 0 bridgehead atoms. The molecule has 0 fully saturated rings. The van der Waals surface area contributed by atoms with Gasteiger partial charge >= 0.3 is 5.69 Å². The number of rotatable bonds is 6. The Morgan fingerprint density at radius 3 is 2.53 bits per heavy atom. The summed E-state index contributed by atoms with van der Waals surface area (Å²) in [6.07, 6.45) is 3.86. The van der Waals surface area contributed by atoms with Crippen LogP contribution in [0.15, 0.2) is 58.4 Å². The molecule has 3 heterocycles. The second-order valence-corrected chi connectivity index (χ2v) is 8.26. The van der Waals surface area contributed by atoms with Crippen LogP contribution in [0.4, 0.5) is 5.69 Å². The van der Waals surface area contributed by atoms with E-state index < -0.39 is 11.2 Å². The summed E-state index contributed by atoms with van der Waals surface area (Å²) in [5, 5.41) is 1.80. The topological polar surface area (TPSA) is 130 Å². The first-order valence-corrected chi connectivity index (χ1v) is 10.9. The van der Waals surface area contributed by atoms with E-state index in [1.807, 2.05) is 24.3 Å². The first-order chi connectivity index (χ1) is 16.9. The number of methoxy groups -OCH3 is 2. The maximum Gasteiger partial charge on any atom is 0.332 e. The Bertz CT molecular complexity index is 1710. The van der Waals surface area contributed by atoms with Crippen molar-refractivity contribution in [2.24, 2.45) is 7.05 Å². The zero-order valence-corrected chi connectivity index (χ0v) is 20.8. The molecule has 0 saturated heterocycles. The van der Waals surface area contributed by atoms with Crippen LogP contribution in [0.5, 0.6) is 11.5 Å². The fourth-order valence-electron chi connectivity index (χ4n) is 4.26. The first-order valence-electron chi connectivity index (χ1n) is 10.9. The van der Waals surface area contributed by atoms with Crippen LogP contribution in [-0.4, -0.2) is 38.3 Å². The number of hydrogen-bond donors (Lipinski definition) is 2. The van der Waals surface area contributed by atoms with Crippen LogP contribution in [0.3, 0.4) is 0 Å². The lowest BCUT2D eigenvalue weighted by Gasteiger charge is -2.11. The van der Waals surface area contributed by atoms with Crippen LogP contribution in [0.25, 0.3) is 21.9 Å². The molecular weight excluding hydrogens is 484 g/mol. The lowest BCUT2D eigenvalue weighted by atomic mass is 10.0. The highest BCUT2D eigenvalue weighted by Crippen LogP contribution is 2.33. The van der Waals surface area contributed by atoms with E-state index in [4.69, 9.17) is 15.2 Å². The second-order valence-electron chi connectivity index (χ2n) is 8.26. The molecule has 10 nitrogen and oxygen atoms in total. The summed E-state index contributed by atoms with van der Waals surface area (Å²) < 4.78 is 13.4. The van der Waals surface area contributed by atoms with Crippen molar-refractivity contribution in [2.75, 3.05) is 20.0 Å². The number of nitrogen functional groups attached to an aromatic ring is 1. The average Bonchev–Trinajstić information content (AvgIpc) is 3.28. The Hall–Kier alpha value is -4.31. The second kappa shape index (κ2) is 9.74. The minimum atomic E-state index is -0.452. The van der Waals surface area contributed by atoms with Crippen molar-refractivity contribution >= 4 is 40.0 Å². The molecule has 36 heavy (non-hydrogen) atoms. The minimum absolute atomic E-state index is 0. The maximum absolute atomic E-state index is 13.0. The van der Waals surface area contributed by atoms with E-state index in [1.165, 1.54) is 11.6 Å². The van der Waals surface area contributed by atoms with Crippen molar-refractivity contribution in [3.05, 3.63) is 86.6 Å². The van der Waals surface area contributed by atoms with Crippen molar-refractivity contribution in [2.45, 2.75) is 13.0 Å². The summed E-state index contributed by atoms with van der Waals surface area (Å²) in [5.74, 6) is 1.74. The third kappa shape index (κ3) is 4.27. The normalized spacial score (nSPS) is 11.0. The van der Waals surface area contributed by atoms with E-state index in [-0.39, 0.29) is 24.5 Å². The summed E-state index contributed by atoms with van der Waals surface area (Å²) in [6, 6.07) is 11.0. The molecule has 5 rings (SSSR count). The molecule has 0 aliphatic rings. The van der Waals surface area contributed by atoms with E-state index in [2.05, 4.69) is 15.0 Å². The largest absolute Gasteiger partial charge is 0.493 e. The Morgan fingerprint density at radius 2 is 1.81 bits per heavy atom. The highest BCUT2D eigenvalue weighted by atomic mass is 35.5. The number of pyridine rings is 1. The number of halogens is 1. The van der Waals surface area contributed by atoms with Gasteiger partial charge in [-0.25, -0.2) is 9.78 Å². The summed E-state index contributed by atoms with van der Waals surface area (Å²) in [7, 11) is 4.62. The van der Waals surface area contributed by atoms with Crippen molar-refractivity contribution < 1.29 is 9.47 Å². The molecule has 3 N–H and O–H groups in total. The Labute approximate surface area is 211 Å². The van der Waals surface area contributed by atoms with Crippen molar-refractivity contribution in [3.8, 4) is 11.5 Å². The van der Waals surface area contributed by atoms with Gasteiger partial charge in [0.15, 0.2) is 17.1 Å². The predicted molar refractivity (Wildman–Crippen MR) is 140 cm³/mol. The quantitative estimate of drug-likeness (QED) is 0.337. The smallest absolute Gasteiger partial charge is 0.332 e. The number of imidazole rings is 1. The SMILES string of the molecule is COc1cc2cncc(Cc3nc4c([nH]3)c(=O)n(C)c(=O)n4Cc3cccc(N)c3)c2cc1OC.Cl. The molecule has 11 heteroatoms. The predicted octanol–water partition coefficient (Wildman–Crippen LogP) is 2.63. The molecule has 0 unspecified atom stereocenters. The molecule has 0 radical (unpaired) electrons. The standard InChI is InChI=1S/C25H24N6O4.ClH/c1-30-24(32)22-23(31(25(30)33)13-14-5-4-6-17(26)7-14)29-21(28-22)9-16-12-27-11-15-8-19(34-2)20(35-3)10-18(15)16;/h4-8,10-12H,9,13,26H2,1-3H3,(H,28,29);1H. The minimum Gasteiger partial charge on any atom is -0.493 e. The highest BCUT2D eigenvalue weighted by molar-refractivity contribution is 5.88. The van der Waals surface area contributed by atoms with Crippen molar-refractivity contribution in [1.29, 1.82) is 0 Å². The molecule has 3 aromatic heterocycles. The van der Waals surface area contributed by atoms with Crippen LogP contribution in [0, 0.1) is 0 Å². The number of aromatic amines is 1. The maximum atomic E-state index is 13.0. The number of anilines is 1. The molecular formula is C25H25ClN6O4. The van der Waals surface area contributed by atoms with Gasteiger partial charge in [-0.2, -0.15) is 0 Å². The Morgan fingerprint density at radius 1 is 1.06 bits per heavy atom. The number of nitrogens with one attached hydrogen (secondary N) is 1. The third-order valence-electron chi connectivity index (χ3n) is 6.02. The lowest BCUT2D eigenvalue weighted by molar-refractivity contribution is 0.356. The molecule has 2 aromatic carbocycles. The number of benzene rings is 2. The van der Waals surface area contributed by atoms with Gasteiger partial charge in [-0.3, -0.25) is 18.9 Å². The van der Waals surface area contributed by atoms with Crippen LogP contribution >= 0.6 is 12.4 Å². The molecule has 0 aliphatic heterocycles. The lowest BCUT2D eigenvalue weighted by Crippen LogP contribution is -2.38. The van der Waals surface area contributed by atoms with Gasteiger partial charge in [0.2, 0.25) is 0 Å². The molecule has 0 aliphatic carbocycles. The van der Waals surface area contributed by atoms with Gasteiger partial charge in [0, 0.05) is 36.9 Å². The summed E-state index contributed by atoms with van der Waals surface area (Å²) >= 11 is 0. The molecule has 0 spiro atoms. The monoisotopic (exact) mass is 508 g/mol. The van der Waals surface area contributed by atoms with Crippen LogP contribution in [0.1, 0.15) is 17.0 Å². The van der Waals surface area contributed by atoms with Gasteiger partial charge in [-0.05, 0) is 40.8 Å². The van der Waals surface area contributed by atoms with Gasteiger partial charge in [-0.15, -0.1) is 12.4 Å². The van der Waals surface area contributed by atoms with Gasteiger partial charge in [0.25, 0.3) is 5.56 Å². The average molecular weight is 509 g/mol. The fraction of sp³-hybridized carbons (Fsp3) is 0.200. The summed E-state index contributed by atoms with van der Waals surface area (Å²) in [5.41, 5.74) is 7.87. The number of nitrogens with zero attached hydrogens (tertiary/aromatic N) is 4. The van der Waals surface area contributed by atoms with Crippen LogP contribution in [0.2, 0.25) is 0 Å². The highest BCUT2D eigenvalue weighted by Gasteiger charge is 2.17. The number of nitrogens with two attached hydrogens (primary N) is 1. The third-order valence-corrected chi connectivity index (χ3v) is 6.02. The first kappa shape index (κ1) is 24.8. The molecule has 5 aromatic rings. The number of fused-ring (bicyclic) bond motifs is 2. The van der Waals surface area contributed by atoms with E-state index in [0.717, 1.165) is 26.5 Å². The molecule has 186 valence electrons. The van der Waals surface area contributed by atoms with Crippen molar-refractivity contribution in [3.63, 3.8) is 0 Å². The number of hydrogen-bond acceptors (Lipinski definition) is 7. The summed E-state index contributed by atoms with van der Waals surface area (Å²) in [6.45, 7) is 0.228. The van der Waals surface area contributed by atoms with Gasteiger partial charge < -0.3 is 20.2 Å². The molecule has 0 saturated carbocycles. The zero-order valence-electron chi connectivity index (χ0n) is 19.9. The van der Waals surface area contributed by atoms with Gasteiger partial charge in [0.1, 0.15) is 11.3 Å². The van der Waals surface area contributed by atoms with E-state index in [0.29, 0.717) is 35.1 Å². The van der Waals surface area contributed by atoms with Crippen LogP contribution in [-0.2, 0) is 20.0 Å².